The molecule has 2 fully saturated rings. The highest BCUT2D eigenvalue weighted by Crippen LogP contribution is 2.33. The van der Waals surface area contributed by atoms with Crippen molar-refractivity contribution in [2.24, 2.45) is 0 Å². The molecule has 0 atom stereocenters. The van der Waals surface area contributed by atoms with Gasteiger partial charge in [-0.3, -0.25) is 0 Å². The van der Waals surface area contributed by atoms with E-state index in [-0.39, 0.29) is 11.6 Å². The van der Waals surface area contributed by atoms with Gasteiger partial charge in [0, 0.05) is 50.3 Å². The number of hydrogen-bond acceptors (Lipinski definition) is 10. The number of fused-ring (bicyclic) bond motifs is 1. The van der Waals surface area contributed by atoms with Crippen molar-refractivity contribution in [3.8, 4) is 0 Å². The number of anilines is 6. The van der Waals surface area contributed by atoms with E-state index in [0.717, 1.165) is 49.4 Å². The molecule has 0 bridgehead atoms. The van der Waals surface area contributed by atoms with Gasteiger partial charge in [-0.05, 0) is 43.4 Å². The van der Waals surface area contributed by atoms with Crippen LogP contribution in [0, 0.1) is 0 Å². The van der Waals surface area contributed by atoms with E-state index < -0.39 is 11.7 Å². The van der Waals surface area contributed by atoms with Crippen LogP contribution >= 0.6 is 0 Å². The molecule has 0 radical (unpaired) electrons. The highest BCUT2D eigenvalue weighted by molar-refractivity contribution is 5.92. The molecule has 2 aliphatic rings. The van der Waals surface area contributed by atoms with E-state index >= 15 is 0 Å². The number of nitrogens with one attached hydrogen (secondary N) is 2. The maximum Gasteiger partial charge on any atom is 0.416 e. The van der Waals surface area contributed by atoms with Gasteiger partial charge < -0.3 is 30.1 Å². The lowest BCUT2D eigenvalue weighted by molar-refractivity contribution is -0.137. The van der Waals surface area contributed by atoms with Crippen molar-refractivity contribution in [3.63, 3.8) is 0 Å². The molecule has 5 heterocycles. The molecule has 2 N–H and O–H groups in total. The Morgan fingerprint density at radius 3 is 2.32 bits per heavy atom. The summed E-state index contributed by atoms with van der Waals surface area (Å²) in [5, 5.41) is 6.96. The Balaban J connectivity index is 1.27. The molecule has 1 aromatic carbocycles. The summed E-state index contributed by atoms with van der Waals surface area (Å²) in [7, 11) is 2.13. The van der Waals surface area contributed by atoms with Crippen molar-refractivity contribution in [2.45, 2.75) is 6.18 Å². The second-order valence-corrected chi connectivity index (χ2v) is 10.1. The summed E-state index contributed by atoms with van der Waals surface area (Å²) in [6.07, 6.45) is -0.962. The Hall–Kier alpha value is -4.23. The fourth-order valence-corrected chi connectivity index (χ4v) is 4.90. The second kappa shape index (κ2) is 11.3. The number of benzene rings is 1. The largest absolute Gasteiger partial charge is 0.416 e. The number of halogens is 3. The summed E-state index contributed by atoms with van der Waals surface area (Å²) in [4.78, 5) is 25.1. The lowest BCUT2D eigenvalue weighted by Gasteiger charge is -2.33. The molecule has 0 saturated carbocycles. The Morgan fingerprint density at radius 2 is 1.59 bits per heavy atom. The summed E-state index contributed by atoms with van der Waals surface area (Å²) < 4.78 is 45.2. The lowest BCUT2D eigenvalue weighted by Crippen LogP contribution is -2.44. The maximum atomic E-state index is 13.2. The lowest BCUT2D eigenvalue weighted by atomic mass is 10.2. The first-order valence-electron chi connectivity index (χ1n) is 13.4. The molecule has 6 rings (SSSR count). The summed E-state index contributed by atoms with van der Waals surface area (Å²) >= 11 is 0. The van der Waals surface area contributed by atoms with Crippen molar-refractivity contribution in [2.75, 3.05) is 80.0 Å². The topological polar surface area (TPSA) is 94.6 Å². The first-order chi connectivity index (χ1) is 19.8. The Labute approximate surface area is 235 Å². The number of aromatic nitrogens is 4. The number of alkyl halides is 3. The van der Waals surface area contributed by atoms with Gasteiger partial charge in [0.05, 0.1) is 42.4 Å². The van der Waals surface area contributed by atoms with Crippen LogP contribution in [0.25, 0.3) is 10.9 Å². The molecule has 41 heavy (non-hydrogen) atoms. The Kier molecular flexibility index (Phi) is 7.45. The normalized spacial score (nSPS) is 16.7. The van der Waals surface area contributed by atoms with Crippen molar-refractivity contribution in [3.05, 3.63) is 60.4 Å². The van der Waals surface area contributed by atoms with E-state index in [0.29, 0.717) is 49.3 Å². The molecule has 0 unspecified atom stereocenters. The molecule has 2 aliphatic heterocycles. The minimum absolute atomic E-state index is 0.182. The highest BCUT2D eigenvalue weighted by atomic mass is 19.4. The van der Waals surface area contributed by atoms with Crippen molar-refractivity contribution >= 4 is 45.7 Å². The quantitative estimate of drug-likeness (QED) is 0.348. The van der Waals surface area contributed by atoms with Crippen LogP contribution in [0.15, 0.2) is 54.9 Å². The number of nitrogens with zero attached hydrogens (tertiary/aromatic N) is 7. The zero-order valence-corrected chi connectivity index (χ0v) is 22.5. The highest BCUT2D eigenvalue weighted by Gasteiger charge is 2.30. The third kappa shape index (κ3) is 6.25. The molecule has 13 heteroatoms. The molecule has 4 aromatic rings. The van der Waals surface area contributed by atoms with E-state index in [1.807, 2.05) is 18.3 Å². The molecule has 2 saturated heterocycles. The van der Waals surface area contributed by atoms with Gasteiger partial charge in [-0.2, -0.15) is 18.2 Å². The number of ether oxygens (including phenoxy) is 1. The zero-order chi connectivity index (χ0) is 28.4. The standard InChI is InChI=1S/C28H30F3N9O/c1-38-7-9-39(10-8-38)21-5-6-24(32-17-21)36-25-16-22-23(18-33-25)35-27(37-26(22)40-11-13-41-14-12-40)34-20-4-2-3-19(15-20)28(29,30)31/h2-6,15-18H,7-14H2,1H3,(H,32,33,36)(H,34,35,37). The summed E-state index contributed by atoms with van der Waals surface area (Å²) in [6.45, 7) is 6.30. The number of piperazine rings is 1. The van der Waals surface area contributed by atoms with E-state index in [1.165, 1.54) is 6.07 Å². The minimum atomic E-state index is -4.45. The first-order valence-corrected chi connectivity index (χ1v) is 13.4. The Morgan fingerprint density at radius 1 is 0.805 bits per heavy atom. The van der Waals surface area contributed by atoms with E-state index in [4.69, 9.17) is 9.72 Å². The number of pyridine rings is 2. The molecule has 0 spiro atoms. The average Bonchev–Trinajstić information content (AvgIpc) is 2.98. The van der Waals surface area contributed by atoms with Crippen LogP contribution in [0.4, 0.5) is 47.9 Å². The fraction of sp³-hybridized carbons (Fsp3) is 0.357. The fourth-order valence-electron chi connectivity index (χ4n) is 4.90. The number of likely N-dealkylation sites (N-methyl/N-ethyl adjacent to an activating group) is 1. The monoisotopic (exact) mass is 565 g/mol. The van der Waals surface area contributed by atoms with E-state index in [1.54, 1.807) is 12.3 Å². The van der Waals surface area contributed by atoms with Crippen LogP contribution in [-0.2, 0) is 10.9 Å². The molecule has 214 valence electrons. The zero-order valence-electron chi connectivity index (χ0n) is 22.5. The van der Waals surface area contributed by atoms with Crippen LogP contribution in [0.1, 0.15) is 5.56 Å². The third-order valence-electron chi connectivity index (χ3n) is 7.19. The summed E-state index contributed by atoms with van der Waals surface area (Å²) in [5.74, 6) is 2.07. The predicted octanol–water partition coefficient (Wildman–Crippen LogP) is 4.51. The molecular weight excluding hydrogens is 535 g/mol. The number of rotatable bonds is 6. The maximum absolute atomic E-state index is 13.2. The summed E-state index contributed by atoms with van der Waals surface area (Å²) in [5.41, 5.74) is 1.13. The van der Waals surface area contributed by atoms with Crippen LogP contribution in [0.3, 0.4) is 0 Å². The third-order valence-corrected chi connectivity index (χ3v) is 7.19. The smallest absolute Gasteiger partial charge is 0.378 e. The molecular formula is C28H30F3N9O. The van der Waals surface area contributed by atoms with E-state index in [9.17, 15) is 13.2 Å². The van der Waals surface area contributed by atoms with Gasteiger partial charge in [0.15, 0.2) is 0 Å². The minimum Gasteiger partial charge on any atom is -0.378 e. The van der Waals surface area contributed by atoms with Crippen molar-refractivity contribution in [1.82, 2.24) is 24.8 Å². The number of hydrogen-bond donors (Lipinski definition) is 2. The van der Waals surface area contributed by atoms with Crippen molar-refractivity contribution in [1.29, 1.82) is 0 Å². The van der Waals surface area contributed by atoms with Gasteiger partial charge in [-0.25, -0.2) is 15.0 Å². The SMILES string of the molecule is CN1CCN(c2ccc(Nc3cc4c(N5CCOCC5)nc(Nc5cccc(C(F)(F)F)c5)nc4cn3)nc2)CC1. The van der Waals surface area contributed by atoms with Crippen LogP contribution < -0.4 is 20.4 Å². The second-order valence-electron chi connectivity index (χ2n) is 10.1. The number of morpholine rings is 1. The molecule has 10 nitrogen and oxygen atoms in total. The van der Waals surface area contributed by atoms with Gasteiger partial charge in [0.25, 0.3) is 0 Å². The first kappa shape index (κ1) is 27.0. The molecule has 3 aromatic heterocycles. The van der Waals surface area contributed by atoms with Gasteiger partial charge in [0.1, 0.15) is 17.5 Å². The molecule has 0 amide bonds. The van der Waals surface area contributed by atoms with Gasteiger partial charge in [-0.1, -0.05) is 6.07 Å². The van der Waals surface area contributed by atoms with Crippen LogP contribution in [-0.4, -0.2) is 84.4 Å². The van der Waals surface area contributed by atoms with Gasteiger partial charge in [0.2, 0.25) is 5.95 Å². The molecule has 0 aliphatic carbocycles. The van der Waals surface area contributed by atoms with Crippen molar-refractivity contribution < 1.29 is 17.9 Å². The van der Waals surface area contributed by atoms with Crippen LogP contribution in [0.2, 0.25) is 0 Å². The Bertz CT molecular complexity index is 1500. The van der Waals surface area contributed by atoms with Gasteiger partial charge in [-0.15, -0.1) is 0 Å². The average molecular weight is 566 g/mol. The predicted molar refractivity (Wildman–Crippen MR) is 152 cm³/mol. The van der Waals surface area contributed by atoms with Gasteiger partial charge >= 0.3 is 6.18 Å². The van der Waals surface area contributed by atoms with Crippen LogP contribution in [0.5, 0.6) is 0 Å². The summed E-state index contributed by atoms with van der Waals surface area (Å²) in [6, 6.07) is 10.8. The van der Waals surface area contributed by atoms with E-state index in [2.05, 4.69) is 53.4 Å².